The number of amides is 1. The van der Waals surface area contributed by atoms with Gasteiger partial charge < -0.3 is 11.1 Å². The van der Waals surface area contributed by atoms with Gasteiger partial charge in [0.25, 0.3) is 5.56 Å². The molecule has 7 nitrogen and oxygen atoms in total. The summed E-state index contributed by atoms with van der Waals surface area (Å²) in [7, 11) is 1.38. The van der Waals surface area contributed by atoms with Gasteiger partial charge in [0.05, 0.1) is 0 Å². The van der Waals surface area contributed by atoms with E-state index in [4.69, 9.17) is 5.73 Å². The Morgan fingerprint density at radius 3 is 2.52 bits per heavy atom. The molecular weight excluding hydrogens is 296 g/mol. The van der Waals surface area contributed by atoms with Crippen molar-refractivity contribution in [3.8, 4) is 0 Å². The van der Waals surface area contributed by atoms with Crippen molar-refractivity contribution >= 4 is 18.3 Å². The van der Waals surface area contributed by atoms with Crippen LogP contribution in [0.25, 0.3) is 0 Å². The number of carbonyl (C=O) groups excluding carboxylic acids is 1. The van der Waals surface area contributed by atoms with Crippen LogP contribution in [0.4, 0.5) is 0 Å². The molecule has 0 radical (unpaired) electrons. The molecule has 0 bridgehead atoms. The summed E-state index contributed by atoms with van der Waals surface area (Å²) in [5, 5.41) is 2.80. The lowest BCUT2D eigenvalue weighted by molar-refractivity contribution is -0.122. The summed E-state index contributed by atoms with van der Waals surface area (Å²) in [5.41, 5.74) is 4.70. The highest BCUT2D eigenvalue weighted by molar-refractivity contribution is 5.85. The highest BCUT2D eigenvalue weighted by Crippen LogP contribution is 2.03. The van der Waals surface area contributed by atoms with E-state index in [2.05, 4.69) is 5.32 Å². The van der Waals surface area contributed by atoms with Crippen LogP contribution < -0.4 is 22.3 Å². The van der Waals surface area contributed by atoms with Crippen molar-refractivity contribution < 1.29 is 4.79 Å². The van der Waals surface area contributed by atoms with Crippen molar-refractivity contribution in [1.82, 2.24) is 14.5 Å². The number of nitrogens with one attached hydrogen (secondary N) is 1. The number of hydrogen-bond acceptors (Lipinski definition) is 4. The predicted octanol–water partition coefficient (Wildman–Crippen LogP) is -0.542. The standard InChI is InChI=1S/C13H22N4O3.ClH/c1-9(2)6-10(7-14)15-11(18)8-17-5-4-12(19)16(3)13(17)20;/h4-5,9-10H,6-8,14H2,1-3H3,(H,15,18);1H. The molecule has 1 aromatic rings. The zero-order valence-electron chi connectivity index (χ0n) is 12.5. The third-order valence-electron chi connectivity index (χ3n) is 2.98. The summed E-state index contributed by atoms with van der Waals surface area (Å²) in [6.45, 7) is 4.33. The van der Waals surface area contributed by atoms with E-state index in [1.165, 1.54) is 23.9 Å². The van der Waals surface area contributed by atoms with Crippen LogP contribution in [0.2, 0.25) is 0 Å². The molecule has 0 saturated carbocycles. The Labute approximate surface area is 129 Å². The Hall–Kier alpha value is -1.60. The molecule has 1 rings (SSSR count). The first-order chi connectivity index (χ1) is 9.35. The summed E-state index contributed by atoms with van der Waals surface area (Å²) in [6.07, 6.45) is 2.11. The molecule has 0 fully saturated rings. The molecule has 3 N–H and O–H groups in total. The lowest BCUT2D eigenvalue weighted by atomic mass is 10.0. The second kappa shape index (κ2) is 8.63. The maximum Gasteiger partial charge on any atom is 0.331 e. The lowest BCUT2D eigenvalue weighted by Crippen LogP contribution is -2.45. The van der Waals surface area contributed by atoms with Crippen molar-refractivity contribution in [2.45, 2.75) is 32.9 Å². The van der Waals surface area contributed by atoms with Crippen LogP contribution in [0.1, 0.15) is 20.3 Å². The van der Waals surface area contributed by atoms with Crippen LogP contribution in [0, 0.1) is 5.92 Å². The first-order valence-electron chi connectivity index (χ1n) is 6.61. The molecule has 0 saturated heterocycles. The van der Waals surface area contributed by atoms with Gasteiger partial charge in [0, 0.05) is 31.9 Å². The molecular formula is C13H23ClN4O3. The minimum Gasteiger partial charge on any atom is -0.351 e. The number of hydrogen-bond donors (Lipinski definition) is 2. The summed E-state index contributed by atoms with van der Waals surface area (Å²) < 4.78 is 2.15. The van der Waals surface area contributed by atoms with E-state index in [1.807, 2.05) is 13.8 Å². The van der Waals surface area contributed by atoms with Gasteiger partial charge in [-0.05, 0) is 12.3 Å². The van der Waals surface area contributed by atoms with E-state index in [0.717, 1.165) is 11.0 Å². The minimum atomic E-state index is -0.513. The van der Waals surface area contributed by atoms with Crippen LogP contribution in [0.5, 0.6) is 0 Å². The molecule has 0 aliphatic carbocycles. The number of carbonyl (C=O) groups is 1. The van der Waals surface area contributed by atoms with Gasteiger partial charge in [-0.2, -0.15) is 0 Å². The van der Waals surface area contributed by atoms with Crippen molar-refractivity contribution in [3.05, 3.63) is 33.1 Å². The maximum atomic E-state index is 11.9. The molecule has 0 spiro atoms. The zero-order chi connectivity index (χ0) is 15.3. The molecule has 0 aromatic carbocycles. The van der Waals surface area contributed by atoms with E-state index in [1.54, 1.807) is 0 Å². The Morgan fingerprint density at radius 1 is 1.38 bits per heavy atom. The van der Waals surface area contributed by atoms with Crippen LogP contribution in [0.3, 0.4) is 0 Å². The topological polar surface area (TPSA) is 99.1 Å². The van der Waals surface area contributed by atoms with E-state index in [0.29, 0.717) is 12.5 Å². The van der Waals surface area contributed by atoms with Crippen LogP contribution in [0.15, 0.2) is 21.9 Å². The number of rotatable bonds is 6. The van der Waals surface area contributed by atoms with Gasteiger partial charge in [-0.1, -0.05) is 13.8 Å². The van der Waals surface area contributed by atoms with E-state index >= 15 is 0 Å². The Bertz CT molecular complexity index is 580. The largest absolute Gasteiger partial charge is 0.351 e. The second-order valence-electron chi connectivity index (χ2n) is 5.25. The van der Waals surface area contributed by atoms with Gasteiger partial charge in [0.1, 0.15) is 6.54 Å². The van der Waals surface area contributed by atoms with Gasteiger partial charge in [0.15, 0.2) is 0 Å². The molecule has 21 heavy (non-hydrogen) atoms. The molecule has 8 heteroatoms. The van der Waals surface area contributed by atoms with E-state index < -0.39 is 11.2 Å². The van der Waals surface area contributed by atoms with Gasteiger partial charge in [-0.25, -0.2) is 4.79 Å². The first kappa shape index (κ1) is 19.4. The monoisotopic (exact) mass is 318 g/mol. The van der Waals surface area contributed by atoms with E-state index in [-0.39, 0.29) is 30.9 Å². The average Bonchev–Trinajstić information content (AvgIpc) is 2.38. The van der Waals surface area contributed by atoms with Crippen molar-refractivity contribution in [3.63, 3.8) is 0 Å². The summed E-state index contributed by atoms with van der Waals surface area (Å²) in [6, 6.07) is 1.15. The Kier molecular flexibility index (Phi) is 7.98. The fraction of sp³-hybridized carbons (Fsp3) is 0.615. The molecule has 1 atom stereocenters. The van der Waals surface area contributed by atoms with E-state index in [9.17, 15) is 14.4 Å². The highest BCUT2D eigenvalue weighted by atomic mass is 35.5. The Balaban J connectivity index is 0.00000400. The Morgan fingerprint density at radius 2 is 2.00 bits per heavy atom. The second-order valence-corrected chi connectivity index (χ2v) is 5.25. The van der Waals surface area contributed by atoms with Gasteiger partial charge in [-0.3, -0.25) is 18.7 Å². The fourth-order valence-corrected chi connectivity index (χ4v) is 1.95. The third kappa shape index (κ3) is 5.73. The van der Waals surface area contributed by atoms with Gasteiger partial charge >= 0.3 is 5.69 Å². The van der Waals surface area contributed by atoms with Crippen LogP contribution in [-0.4, -0.2) is 27.6 Å². The van der Waals surface area contributed by atoms with Crippen molar-refractivity contribution in [1.29, 1.82) is 0 Å². The van der Waals surface area contributed by atoms with Crippen molar-refractivity contribution in [2.24, 2.45) is 18.7 Å². The molecule has 0 aliphatic rings. The number of aromatic nitrogens is 2. The average molecular weight is 319 g/mol. The fourth-order valence-electron chi connectivity index (χ4n) is 1.95. The van der Waals surface area contributed by atoms with Crippen molar-refractivity contribution in [2.75, 3.05) is 6.54 Å². The molecule has 1 amide bonds. The molecule has 1 aromatic heterocycles. The van der Waals surface area contributed by atoms with Gasteiger partial charge in [0.2, 0.25) is 5.91 Å². The summed E-state index contributed by atoms with van der Waals surface area (Å²) in [5.74, 6) is 0.131. The van der Waals surface area contributed by atoms with Crippen LogP contribution in [-0.2, 0) is 18.4 Å². The minimum absolute atomic E-state index is 0. The summed E-state index contributed by atoms with van der Waals surface area (Å²) in [4.78, 5) is 34.9. The number of halogens is 1. The number of nitrogens with two attached hydrogens (primary N) is 1. The maximum absolute atomic E-state index is 11.9. The SMILES string of the molecule is CC(C)CC(CN)NC(=O)Cn1ccc(=O)n(C)c1=O.Cl. The molecule has 1 unspecified atom stereocenters. The zero-order valence-corrected chi connectivity index (χ0v) is 13.4. The first-order valence-corrected chi connectivity index (χ1v) is 6.61. The third-order valence-corrected chi connectivity index (χ3v) is 2.98. The lowest BCUT2D eigenvalue weighted by Gasteiger charge is -2.19. The quantitative estimate of drug-likeness (QED) is 0.735. The number of nitrogens with zero attached hydrogens (tertiary/aromatic N) is 2. The van der Waals surface area contributed by atoms with Crippen LogP contribution >= 0.6 is 12.4 Å². The molecule has 1 heterocycles. The highest BCUT2D eigenvalue weighted by Gasteiger charge is 2.13. The normalized spacial score (nSPS) is 11.9. The molecule has 120 valence electrons. The predicted molar refractivity (Wildman–Crippen MR) is 83.6 cm³/mol. The summed E-state index contributed by atoms with van der Waals surface area (Å²) >= 11 is 0. The molecule has 0 aliphatic heterocycles. The van der Waals surface area contributed by atoms with Gasteiger partial charge in [-0.15, -0.1) is 12.4 Å². The smallest absolute Gasteiger partial charge is 0.331 e.